The minimum absolute atomic E-state index is 0.0959. The molecule has 0 aromatic heterocycles. The quantitative estimate of drug-likeness (QED) is 0.528. The van der Waals surface area contributed by atoms with E-state index in [0.29, 0.717) is 21.7 Å². The van der Waals surface area contributed by atoms with Gasteiger partial charge in [0.2, 0.25) is 0 Å². The molecule has 0 unspecified atom stereocenters. The van der Waals surface area contributed by atoms with Crippen molar-refractivity contribution in [2.45, 2.75) is 6.92 Å². The van der Waals surface area contributed by atoms with Crippen molar-refractivity contribution >= 4 is 57.1 Å². The van der Waals surface area contributed by atoms with E-state index in [1.54, 1.807) is 6.92 Å². The van der Waals surface area contributed by atoms with Gasteiger partial charge in [-0.3, -0.25) is 14.9 Å². The van der Waals surface area contributed by atoms with Crippen molar-refractivity contribution in [3.05, 3.63) is 57.0 Å². The van der Waals surface area contributed by atoms with Crippen LogP contribution in [0, 0.1) is 0 Å². The van der Waals surface area contributed by atoms with Gasteiger partial charge in [-0.15, -0.1) is 0 Å². The summed E-state index contributed by atoms with van der Waals surface area (Å²) in [5.41, 5.74) is 0.457. The Morgan fingerprint density at radius 1 is 1.21 bits per heavy atom. The molecular weight excluding hydrogens is 452 g/mol. The molecular formula is C19H14BrClN2O5. The molecule has 1 heterocycles. The number of carbonyl (C=O) groups is 3. The Balaban J connectivity index is 2.03. The Morgan fingerprint density at radius 2 is 1.89 bits per heavy atom. The van der Waals surface area contributed by atoms with E-state index in [4.69, 9.17) is 16.3 Å². The van der Waals surface area contributed by atoms with Crippen molar-refractivity contribution in [1.29, 1.82) is 0 Å². The molecule has 9 heteroatoms. The molecule has 1 aliphatic rings. The van der Waals surface area contributed by atoms with Gasteiger partial charge in [0.15, 0.2) is 11.5 Å². The standard InChI is InChI=1S/C19H14BrClN2O5/c1-2-28-15-9-10(8-14(20)16(15)24)7-13-17(25)22-19(27)23(18(13)26)12-5-3-11(21)4-6-12/h3-9,24H,2H2,1H3,(H,22,25,27). The van der Waals surface area contributed by atoms with Crippen molar-refractivity contribution in [3.8, 4) is 11.5 Å². The first-order valence-corrected chi connectivity index (χ1v) is 9.31. The Bertz CT molecular complexity index is 1000. The van der Waals surface area contributed by atoms with Crippen LogP contribution in [-0.2, 0) is 9.59 Å². The number of imide groups is 2. The average molecular weight is 466 g/mol. The van der Waals surface area contributed by atoms with Crippen molar-refractivity contribution in [2.75, 3.05) is 11.5 Å². The first kappa shape index (κ1) is 19.9. The van der Waals surface area contributed by atoms with Gasteiger partial charge >= 0.3 is 6.03 Å². The van der Waals surface area contributed by atoms with Crippen molar-refractivity contribution in [2.24, 2.45) is 0 Å². The first-order chi connectivity index (χ1) is 13.3. The molecule has 144 valence electrons. The van der Waals surface area contributed by atoms with Crippen LogP contribution in [-0.4, -0.2) is 29.6 Å². The van der Waals surface area contributed by atoms with Crippen LogP contribution in [0.4, 0.5) is 10.5 Å². The topological polar surface area (TPSA) is 95.9 Å². The number of barbiturate groups is 1. The van der Waals surface area contributed by atoms with Crippen LogP contribution in [0.5, 0.6) is 11.5 Å². The lowest BCUT2D eigenvalue weighted by atomic mass is 10.1. The van der Waals surface area contributed by atoms with Gasteiger partial charge < -0.3 is 9.84 Å². The molecule has 28 heavy (non-hydrogen) atoms. The monoisotopic (exact) mass is 464 g/mol. The Kier molecular flexibility index (Phi) is 5.71. The summed E-state index contributed by atoms with van der Waals surface area (Å²) in [7, 11) is 0. The number of nitrogens with one attached hydrogen (secondary N) is 1. The second-order valence-electron chi connectivity index (χ2n) is 5.72. The largest absolute Gasteiger partial charge is 0.503 e. The number of halogens is 2. The predicted octanol–water partition coefficient (Wildman–Crippen LogP) is 3.87. The molecule has 2 aromatic carbocycles. The van der Waals surface area contributed by atoms with Crippen LogP contribution in [0.15, 0.2) is 46.4 Å². The number of anilines is 1. The fourth-order valence-electron chi connectivity index (χ4n) is 2.59. The Labute approximate surface area is 173 Å². The van der Waals surface area contributed by atoms with E-state index in [-0.39, 0.29) is 22.8 Å². The molecule has 1 saturated heterocycles. The van der Waals surface area contributed by atoms with Crippen LogP contribution < -0.4 is 15.0 Å². The zero-order chi connectivity index (χ0) is 20.4. The number of ether oxygens (including phenoxy) is 1. The van der Waals surface area contributed by atoms with Crippen molar-refractivity contribution < 1.29 is 24.2 Å². The maximum atomic E-state index is 12.8. The summed E-state index contributed by atoms with van der Waals surface area (Å²) in [5, 5.41) is 12.6. The first-order valence-electron chi connectivity index (χ1n) is 8.14. The van der Waals surface area contributed by atoms with Crippen LogP contribution >= 0.6 is 27.5 Å². The second-order valence-corrected chi connectivity index (χ2v) is 7.01. The van der Waals surface area contributed by atoms with Gasteiger partial charge in [-0.05, 0) is 70.9 Å². The smallest absolute Gasteiger partial charge is 0.335 e. The molecule has 0 radical (unpaired) electrons. The fourth-order valence-corrected chi connectivity index (χ4v) is 3.18. The number of rotatable bonds is 4. The molecule has 0 bridgehead atoms. The number of urea groups is 1. The molecule has 2 aromatic rings. The van der Waals surface area contributed by atoms with E-state index < -0.39 is 17.8 Å². The highest BCUT2D eigenvalue weighted by Gasteiger charge is 2.36. The molecule has 3 rings (SSSR count). The third-order valence-electron chi connectivity index (χ3n) is 3.85. The van der Waals surface area contributed by atoms with Gasteiger partial charge in [0, 0.05) is 5.02 Å². The minimum Gasteiger partial charge on any atom is -0.503 e. The number of hydrogen-bond donors (Lipinski definition) is 2. The van der Waals surface area contributed by atoms with E-state index in [0.717, 1.165) is 4.90 Å². The van der Waals surface area contributed by atoms with E-state index in [1.807, 2.05) is 0 Å². The number of carbonyl (C=O) groups excluding carboxylic acids is 3. The minimum atomic E-state index is -0.851. The lowest BCUT2D eigenvalue weighted by molar-refractivity contribution is -0.122. The summed E-state index contributed by atoms with van der Waals surface area (Å²) in [6, 6.07) is 8.21. The van der Waals surface area contributed by atoms with Gasteiger partial charge in [-0.25, -0.2) is 9.69 Å². The number of aromatic hydroxyl groups is 1. The van der Waals surface area contributed by atoms with Gasteiger partial charge in [-0.1, -0.05) is 11.6 Å². The maximum Gasteiger partial charge on any atom is 0.335 e. The van der Waals surface area contributed by atoms with Crippen LogP contribution in [0.3, 0.4) is 0 Å². The Morgan fingerprint density at radius 3 is 2.54 bits per heavy atom. The average Bonchev–Trinajstić information content (AvgIpc) is 2.64. The number of benzene rings is 2. The third-order valence-corrected chi connectivity index (χ3v) is 4.70. The summed E-state index contributed by atoms with van der Waals surface area (Å²) in [5.74, 6) is -1.50. The highest BCUT2D eigenvalue weighted by atomic mass is 79.9. The zero-order valence-electron chi connectivity index (χ0n) is 14.5. The van der Waals surface area contributed by atoms with Crippen LogP contribution in [0.25, 0.3) is 6.08 Å². The number of phenols is 1. The number of hydrogen-bond acceptors (Lipinski definition) is 5. The lowest BCUT2D eigenvalue weighted by Crippen LogP contribution is -2.54. The molecule has 7 nitrogen and oxygen atoms in total. The summed E-state index contributed by atoms with van der Waals surface area (Å²) in [6.45, 7) is 2.07. The molecule has 0 aliphatic carbocycles. The van der Waals surface area contributed by atoms with Gasteiger partial charge in [0.25, 0.3) is 11.8 Å². The van der Waals surface area contributed by atoms with Gasteiger partial charge in [0.05, 0.1) is 16.8 Å². The number of amides is 4. The van der Waals surface area contributed by atoms with Crippen LogP contribution in [0.2, 0.25) is 5.02 Å². The van der Waals surface area contributed by atoms with E-state index >= 15 is 0 Å². The summed E-state index contributed by atoms with van der Waals surface area (Å²) in [4.78, 5) is 38.1. The molecule has 4 amide bonds. The van der Waals surface area contributed by atoms with Crippen molar-refractivity contribution in [3.63, 3.8) is 0 Å². The molecule has 1 aliphatic heterocycles. The van der Waals surface area contributed by atoms with E-state index in [9.17, 15) is 19.5 Å². The summed E-state index contributed by atoms with van der Waals surface area (Å²) < 4.78 is 5.68. The molecule has 2 N–H and O–H groups in total. The number of nitrogens with zero attached hydrogens (tertiary/aromatic N) is 1. The fraction of sp³-hybridized carbons (Fsp3) is 0.105. The molecule has 0 atom stereocenters. The normalized spacial score (nSPS) is 15.8. The van der Waals surface area contributed by atoms with Crippen LogP contribution in [0.1, 0.15) is 12.5 Å². The third kappa shape index (κ3) is 3.88. The van der Waals surface area contributed by atoms with E-state index in [1.165, 1.54) is 42.5 Å². The summed E-state index contributed by atoms with van der Waals surface area (Å²) in [6.07, 6.45) is 1.32. The van der Waals surface area contributed by atoms with Gasteiger partial charge in [0.1, 0.15) is 5.57 Å². The highest BCUT2D eigenvalue weighted by Crippen LogP contribution is 2.36. The highest BCUT2D eigenvalue weighted by molar-refractivity contribution is 9.10. The van der Waals surface area contributed by atoms with Gasteiger partial charge in [-0.2, -0.15) is 0 Å². The maximum absolute atomic E-state index is 12.8. The van der Waals surface area contributed by atoms with E-state index in [2.05, 4.69) is 21.2 Å². The zero-order valence-corrected chi connectivity index (χ0v) is 16.9. The van der Waals surface area contributed by atoms with Crippen molar-refractivity contribution in [1.82, 2.24) is 5.32 Å². The second kappa shape index (κ2) is 8.04. The Hall–Kier alpha value is -2.84. The molecule has 0 saturated carbocycles. The summed E-state index contributed by atoms with van der Waals surface area (Å²) >= 11 is 9.05. The lowest BCUT2D eigenvalue weighted by Gasteiger charge is -2.26. The molecule has 1 fully saturated rings. The number of phenolic OH excluding ortho intramolecular Hbond substituents is 1. The predicted molar refractivity (Wildman–Crippen MR) is 107 cm³/mol. The SMILES string of the molecule is CCOc1cc(C=C2C(=O)NC(=O)N(c3ccc(Cl)cc3)C2=O)cc(Br)c1O. The molecule has 0 spiro atoms.